The normalized spacial score (nSPS) is 16.8. The van der Waals surface area contributed by atoms with Crippen LogP contribution in [0.25, 0.3) is 0 Å². The summed E-state index contributed by atoms with van der Waals surface area (Å²) in [5.74, 6) is 1.35. The van der Waals surface area contributed by atoms with Gasteiger partial charge >= 0.3 is 0 Å². The molecule has 0 bridgehead atoms. The van der Waals surface area contributed by atoms with E-state index < -0.39 is 0 Å². The minimum absolute atomic E-state index is 0.333. The van der Waals surface area contributed by atoms with E-state index in [9.17, 15) is 0 Å². The van der Waals surface area contributed by atoms with Crippen molar-refractivity contribution in [2.45, 2.75) is 33.6 Å². The fourth-order valence-corrected chi connectivity index (χ4v) is 5.81. The van der Waals surface area contributed by atoms with E-state index in [2.05, 4.69) is 189 Å². The molecule has 43 heavy (non-hydrogen) atoms. The molecule has 0 radical (unpaired) electrons. The lowest BCUT2D eigenvalue weighted by Gasteiger charge is -2.31. The number of hydrogen-bond acceptors (Lipinski definition) is 2. The summed E-state index contributed by atoms with van der Waals surface area (Å²) in [5, 5.41) is 0. The summed E-state index contributed by atoms with van der Waals surface area (Å²) in [5.41, 5.74) is 10.8. The van der Waals surface area contributed by atoms with Gasteiger partial charge in [0.1, 0.15) is 0 Å². The second-order valence-corrected chi connectivity index (χ2v) is 11.8. The van der Waals surface area contributed by atoms with E-state index in [1.54, 1.807) is 0 Å². The Morgan fingerprint density at radius 2 is 0.930 bits per heavy atom. The standard InChI is InChI=1S/C41H40N2/c1-30-15-20-37(21-16-30)42(38-23-18-35(19-24-38)33(4)34-11-7-5-8-12-34)39-25-27-40(28-26-39)43(36-13-9-6-10-14-36)41-22-17-31(2)32(3)29-41/h5-29,31-33H,1-4H3/t31?,32?,33-/m0/s1. The van der Waals surface area contributed by atoms with Crippen LogP contribution in [0.15, 0.2) is 157 Å². The van der Waals surface area contributed by atoms with Crippen LogP contribution in [0.3, 0.4) is 0 Å². The molecule has 214 valence electrons. The van der Waals surface area contributed by atoms with Gasteiger partial charge in [-0.25, -0.2) is 0 Å². The van der Waals surface area contributed by atoms with Crippen molar-refractivity contribution < 1.29 is 0 Å². The summed E-state index contributed by atoms with van der Waals surface area (Å²) in [6.45, 7) is 8.99. The summed E-state index contributed by atoms with van der Waals surface area (Å²) in [4.78, 5) is 4.70. The van der Waals surface area contributed by atoms with Crippen LogP contribution in [-0.4, -0.2) is 0 Å². The van der Waals surface area contributed by atoms with E-state index in [4.69, 9.17) is 0 Å². The van der Waals surface area contributed by atoms with Crippen molar-refractivity contribution in [3.05, 3.63) is 174 Å². The van der Waals surface area contributed by atoms with Crippen LogP contribution in [-0.2, 0) is 0 Å². The van der Waals surface area contributed by atoms with Crippen LogP contribution in [0.4, 0.5) is 28.4 Å². The van der Waals surface area contributed by atoms with Crippen LogP contribution < -0.4 is 9.80 Å². The summed E-state index contributed by atoms with van der Waals surface area (Å²) < 4.78 is 0. The Hall–Kier alpha value is -4.82. The summed E-state index contributed by atoms with van der Waals surface area (Å²) in [6.07, 6.45) is 6.98. The maximum atomic E-state index is 2.39. The van der Waals surface area contributed by atoms with Crippen LogP contribution in [0, 0.1) is 18.8 Å². The van der Waals surface area contributed by atoms with E-state index in [1.807, 2.05) is 0 Å². The highest BCUT2D eigenvalue weighted by Gasteiger charge is 2.20. The quantitative estimate of drug-likeness (QED) is 0.186. The SMILES string of the molecule is Cc1ccc(N(c2ccc([C@@H](C)c3ccccc3)cc2)c2ccc(N(C3=CC(C)C(C)C=C3)c3ccccc3)cc2)cc1. The zero-order valence-corrected chi connectivity index (χ0v) is 25.6. The number of allylic oxidation sites excluding steroid dienone is 3. The first-order chi connectivity index (χ1) is 21.0. The molecule has 0 N–H and O–H groups in total. The molecule has 1 aliphatic rings. The highest BCUT2D eigenvalue weighted by molar-refractivity contribution is 5.79. The van der Waals surface area contributed by atoms with Crippen molar-refractivity contribution in [1.29, 1.82) is 0 Å². The highest BCUT2D eigenvalue weighted by Crippen LogP contribution is 2.39. The molecule has 5 aromatic carbocycles. The molecular weight excluding hydrogens is 520 g/mol. The van der Waals surface area contributed by atoms with Gasteiger partial charge in [-0.3, -0.25) is 0 Å². The third-order valence-corrected chi connectivity index (χ3v) is 8.72. The number of benzene rings is 5. The maximum Gasteiger partial charge on any atom is 0.0463 e. The number of rotatable bonds is 8. The van der Waals surface area contributed by atoms with Gasteiger partial charge in [-0.05, 0) is 96.6 Å². The van der Waals surface area contributed by atoms with Gasteiger partial charge in [0.25, 0.3) is 0 Å². The van der Waals surface area contributed by atoms with Gasteiger partial charge in [0.05, 0.1) is 0 Å². The molecule has 1 aliphatic carbocycles. The molecule has 0 heterocycles. The van der Waals surface area contributed by atoms with E-state index in [-0.39, 0.29) is 0 Å². The van der Waals surface area contributed by atoms with Crippen molar-refractivity contribution in [2.75, 3.05) is 9.80 Å². The monoisotopic (exact) mass is 560 g/mol. The van der Waals surface area contributed by atoms with Gasteiger partial charge in [-0.15, -0.1) is 0 Å². The van der Waals surface area contributed by atoms with Crippen molar-refractivity contribution in [3.8, 4) is 0 Å². The van der Waals surface area contributed by atoms with E-state index >= 15 is 0 Å². The van der Waals surface area contributed by atoms with Crippen LogP contribution in [0.1, 0.15) is 43.4 Å². The van der Waals surface area contributed by atoms with Gasteiger partial charge < -0.3 is 9.80 Å². The Balaban J connectivity index is 1.36. The fraction of sp³-hybridized carbons (Fsp3) is 0.171. The molecule has 0 saturated carbocycles. The fourth-order valence-electron chi connectivity index (χ4n) is 5.81. The van der Waals surface area contributed by atoms with Crippen LogP contribution >= 0.6 is 0 Å². The molecule has 0 amide bonds. The predicted octanol–water partition coefficient (Wildman–Crippen LogP) is 11.5. The molecule has 2 nitrogen and oxygen atoms in total. The first-order valence-corrected chi connectivity index (χ1v) is 15.3. The number of nitrogens with zero attached hydrogens (tertiary/aromatic N) is 2. The molecular formula is C41H40N2. The molecule has 0 spiro atoms. The van der Waals surface area contributed by atoms with Gasteiger partial charge in [0, 0.05) is 40.1 Å². The minimum atomic E-state index is 0.333. The highest BCUT2D eigenvalue weighted by atomic mass is 15.2. The largest absolute Gasteiger partial charge is 0.311 e. The first-order valence-electron chi connectivity index (χ1n) is 15.3. The molecule has 0 saturated heterocycles. The van der Waals surface area contributed by atoms with Crippen molar-refractivity contribution in [2.24, 2.45) is 11.8 Å². The molecule has 0 aromatic heterocycles. The zero-order chi connectivity index (χ0) is 29.8. The van der Waals surface area contributed by atoms with Gasteiger partial charge in [-0.2, -0.15) is 0 Å². The Bertz CT molecular complexity index is 1680. The van der Waals surface area contributed by atoms with Crippen LogP contribution in [0.5, 0.6) is 0 Å². The van der Waals surface area contributed by atoms with E-state index in [0.717, 1.165) is 28.4 Å². The molecule has 0 fully saturated rings. The molecule has 2 heteroatoms. The van der Waals surface area contributed by atoms with Gasteiger partial charge in [-0.1, -0.05) is 111 Å². The third-order valence-electron chi connectivity index (χ3n) is 8.72. The van der Waals surface area contributed by atoms with Crippen molar-refractivity contribution in [3.63, 3.8) is 0 Å². The van der Waals surface area contributed by atoms with Crippen molar-refractivity contribution in [1.82, 2.24) is 0 Å². The van der Waals surface area contributed by atoms with Gasteiger partial charge in [0.2, 0.25) is 0 Å². The lowest BCUT2D eigenvalue weighted by Crippen LogP contribution is -2.20. The zero-order valence-electron chi connectivity index (χ0n) is 25.6. The topological polar surface area (TPSA) is 6.48 Å². The average molecular weight is 561 g/mol. The Morgan fingerprint density at radius 3 is 1.49 bits per heavy atom. The Morgan fingerprint density at radius 1 is 0.488 bits per heavy atom. The lowest BCUT2D eigenvalue weighted by molar-refractivity contribution is 0.547. The average Bonchev–Trinajstić information content (AvgIpc) is 3.05. The number of para-hydroxylation sites is 1. The maximum absolute atomic E-state index is 2.39. The first kappa shape index (κ1) is 28.3. The molecule has 6 rings (SSSR count). The second kappa shape index (κ2) is 12.6. The van der Waals surface area contributed by atoms with Crippen molar-refractivity contribution >= 4 is 28.4 Å². The van der Waals surface area contributed by atoms with Crippen LogP contribution in [0.2, 0.25) is 0 Å². The molecule has 2 unspecified atom stereocenters. The smallest absolute Gasteiger partial charge is 0.0463 e. The minimum Gasteiger partial charge on any atom is -0.311 e. The lowest BCUT2D eigenvalue weighted by atomic mass is 9.90. The van der Waals surface area contributed by atoms with E-state index in [0.29, 0.717) is 17.8 Å². The predicted molar refractivity (Wildman–Crippen MR) is 184 cm³/mol. The number of aryl methyl sites for hydroxylation is 1. The van der Waals surface area contributed by atoms with E-state index in [1.165, 1.54) is 22.4 Å². The number of anilines is 5. The summed E-state index contributed by atoms with van der Waals surface area (Å²) in [6, 6.07) is 48.2. The third kappa shape index (κ3) is 6.20. The Kier molecular flexibility index (Phi) is 8.29. The molecule has 3 atom stereocenters. The summed E-state index contributed by atoms with van der Waals surface area (Å²) >= 11 is 0. The molecule has 5 aromatic rings. The van der Waals surface area contributed by atoms with Gasteiger partial charge in [0.15, 0.2) is 0 Å². The Labute approximate surface area is 257 Å². The molecule has 0 aliphatic heterocycles. The second-order valence-electron chi connectivity index (χ2n) is 11.8. The summed E-state index contributed by atoms with van der Waals surface area (Å²) in [7, 11) is 0. The number of hydrogen-bond donors (Lipinski definition) is 0.